The second-order valence-electron chi connectivity index (χ2n) is 4.75. The molecule has 116 valence electrons. The molecule has 0 radical (unpaired) electrons. The minimum atomic E-state index is -4.71. The van der Waals surface area contributed by atoms with E-state index in [1.54, 1.807) is 6.07 Å². The summed E-state index contributed by atoms with van der Waals surface area (Å²) in [6, 6.07) is 5.74. The van der Waals surface area contributed by atoms with E-state index in [2.05, 4.69) is 10.1 Å². The summed E-state index contributed by atoms with van der Waals surface area (Å²) in [5, 5.41) is 2.76. The van der Waals surface area contributed by atoms with Crippen LogP contribution in [0.4, 0.5) is 18.9 Å². The zero-order valence-corrected chi connectivity index (χ0v) is 11.2. The molecule has 0 aliphatic carbocycles. The number of hydrogen-bond donors (Lipinski definition) is 2. The second-order valence-corrected chi connectivity index (χ2v) is 4.75. The highest BCUT2D eigenvalue weighted by molar-refractivity contribution is 5.78. The van der Waals surface area contributed by atoms with Crippen molar-refractivity contribution < 1.29 is 22.7 Å². The third kappa shape index (κ3) is 4.52. The summed E-state index contributed by atoms with van der Waals surface area (Å²) < 4.78 is 40.5. The van der Waals surface area contributed by atoms with Gasteiger partial charge in [0.1, 0.15) is 5.75 Å². The standard InChI is InChI=1S/C13H16F3N3O2/c14-13(15,16)21-11-3-1-2-10(6-11)19-5-4-9(8-19)18-12(20)7-17/h1-3,6,9H,4-5,7-8,17H2,(H,18,20). The predicted octanol–water partition coefficient (Wildman–Crippen LogP) is 1.24. The zero-order valence-electron chi connectivity index (χ0n) is 11.2. The Balaban J connectivity index is 2.00. The molecule has 1 fully saturated rings. The summed E-state index contributed by atoms with van der Waals surface area (Å²) in [6.07, 6.45) is -3.99. The number of nitrogens with one attached hydrogen (secondary N) is 1. The van der Waals surface area contributed by atoms with E-state index in [0.717, 1.165) is 6.42 Å². The van der Waals surface area contributed by atoms with Gasteiger partial charge in [0.15, 0.2) is 0 Å². The lowest BCUT2D eigenvalue weighted by Gasteiger charge is -2.20. The van der Waals surface area contributed by atoms with Crippen molar-refractivity contribution in [1.82, 2.24) is 5.32 Å². The first-order valence-electron chi connectivity index (χ1n) is 6.47. The molecule has 0 bridgehead atoms. The molecule has 1 atom stereocenters. The van der Waals surface area contributed by atoms with Gasteiger partial charge in [-0.25, -0.2) is 0 Å². The Morgan fingerprint density at radius 1 is 1.48 bits per heavy atom. The van der Waals surface area contributed by atoms with Gasteiger partial charge in [0.25, 0.3) is 0 Å². The molecule has 1 saturated heterocycles. The Kier molecular flexibility index (Phi) is 4.56. The van der Waals surface area contributed by atoms with Crippen LogP contribution in [0.1, 0.15) is 6.42 Å². The molecule has 8 heteroatoms. The summed E-state index contributed by atoms with van der Waals surface area (Å²) in [5.74, 6) is -0.495. The number of nitrogens with zero attached hydrogens (tertiary/aromatic N) is 1. The van der Waals surface area contributed by atoms with Crippen LogP contribution in [0.15, 0.2) is 24.3 Å². The fourth-order valence-electron chi connectivity index (χ4n) is 2.28. The summed E-state index contributed by atoms with van der Waals surface area (Å²) >= 11 is 0. The van der Waals surface area contributed by atoms with Crippen LogP contribution in [0.5, 0.6) is 5.75 Å². The highest BCUT2D eigenvalue weighted by Gasteiger charge is 2.31. The predicted molar refractivity (Wildman–Crippen MR) is 70.9 cm³/mol. The molecule has 1 aliphatic heterocycles. The maximum absolute atomic E-state index is 12.2. The van der Waals surface area contributed by atoms with Gasteiger partial charge in [0.2, 0.25) is 5.91 Å². The van der Waals surface area contributed by atoms with Crippen LogP contribution in [0.2, 0.25) is 0 Å². The monoisotopic (exact) mass is 303 g/mol. The molecule has 1 aromatic rings. The third-order valence-corrected chi connectivity index (χ3v) is 3.16. The van der Waals surface area contributed by atoms with Gasteiger partial charge in [0.05, 0.1) is 6.54 Å². The average Bonchev–Trinajstić information content (AvgIpc) is 2.85. The number of ether oxygens (including phenoxy) is 1. The lowest BCUT2D eigenvalue weighted by Crippen LogP contribution is -2.40. The number of carbonyl (C=O) groups is 1. The van der Waals surface area contributed by atoms with Gasteiger partial charge in [-0.1, -0.05) is 6.07 Å². The SMILES string of the molecule is NCC(=O)NC1CCN(c2cccc(OC(F)(F)F)c2)C1. The van der Waals surface area contributed by atoms with Crippen LogP contribution in [-0.2, 0) is 4.79 Å². The highest BCUT2D eigenvalue weighted by Crippen LogP contribution is 2.28. The van der Waals surface area contributed by atoms with Crippen LogP contribution in [0, 0.1) is 0 Å². The summed E-state index contributed by atoms with van der Waals surface area (Å²) in [5.41, 5.74) is 5.85. The van der Waals surface area contributed by atoms with E-state index < -0.39 is 6.36 Å². The van der Waals surface area contributed by atoms with Gasteiger partial charge in [-0.15, -0.1) is 13.2 Å². The van der Waals surface area contributed by atoms with Crippen LogP contribution >= 0.6 is 0 Å². The van der Waals surface area contributed by atoms with Gasteiger partial charge in [0, 0.05) is 30.9 Å². The lowest BCUT2D eigenvalue weighted by molar-refractivity contribution is -0.274. The quantitative estimate of drug-likeness (QED) is 0.878. The number of carbonyl (C=O) groups excluding carboxylic acids is 1. The Hall–Kier alpha value is -1.96. The number of amides is 1. The molecule has 5 nitrogen and oxygen atoms in total. The van der Waals surface area contributed by atoms with Crippen LogP contribution in [0.25, 0.3) is 0 Å². The molecule has 0 aromatic heterocycles. The summed E-state index contributed by atoms with van der Waals surface area (Å²) in [6.45, 7) is 1.09. The van der Waals surface area contributed by atoms with Crippen molar-refractivity contribution in [3.05, 3.63) is 24.3 Å². The first-order chi connectivity index (χ1) is 9.87. The van der Waals surface area contributed by atoms with Gasteiger partial charge in [-0.2, -0.15) is 0 Å². The largest absolute Gasteiger partial charge is 0.573 e. The fourth-order valence-corrected chi connectivity index (χ4v) is 2.28. The normalized spacial score (nSPS) is 18.7. The van der Waals surface area contributed by atoms with E-state index in [1.807, 2.05) is 4.90 Å². The topological polar surface area (TPSA) is 67.6 Å². The van der Waals surface area contributed by atoms with Crippen molar-refractivity contribution in [2.75, 3.05) is 24.5 Å². The maximum Gasteiger partial charge on any atom is 0.573 e. The molecule has 1 aliphatic rings. The van der Waals surface area contributed by atoms with E-state index in [0.29, 0.717) is 18.8 Å². The molecule has 1 unspecified atom stereocenters. The molecule has 1 aromatic carbocycles. The molecular formula is C13H16F3N3O2. The van der Waals surface area contributed by atoms with Gasteiger partial charge in [-0.05, 0) is 18.6 Å². The van der Waals surface area contributed by atoms with E-state index in [9.17, 15) is 18.0 Å². The summed E-state index contributed by atoms with van der Waals surface area (Å²) in [7, 11) is 0. The fraction of sp³-hybridized carbons (Fsp3) is 0.462. The Morgan fingerprint density at radius 2 is 2.24 bits per heavy atom. The van der Waals surface area contributed by atoms with Crippen LogP contribution in [0.3, 0.4) is 0 Å². The number of benzene rings is 1. The molecule has 0 spiro atoms. The maximum atomic E-state index is 12.2. The Labute approximate surface area is 119 Å². The number of alkyl halides is 3. The first kappa shape index (κ1) is 15.4. The van der Waals surface area contributed by atoms with Crippen molar-refractivity contribution >= 4 is 11.6 Å². The number of rotatable bonds is 4. The number of hydrogen-bond acceptors (Lipinski definition) is 4. The minimum Gasteiger partial charge on any atom is -0.406 e. The van der Waals surface area contributed by atoms with Gasteiger partial charge in [-0.3, -0.25) is 4.79 Å². The molecular weight excluding hydrogens is 287 g/mol. The van der Waals surface area contributed by atoms with E-state index in [-0.39, 0.29) is 24.2 Å². The third-order valence-electron chi connectivity index (χ3n) is 3.16. The zero-order chi connectivity index (χ0) is 15.5. The first-order valence-corrected chi connectivity index (χ1v) is 6.47. The van der Waals surface area contributed by atoms with E-state index in [4.69, 9.17) is 5.73 Å². The van der Waals surface area contributed by atoms with Crippen LogP contribution < -0.4 is 20.7 Å². The van der Waals surface area contributed by atoms with Crippen molar-refractivity contribution in [3.8, 4) is 5.75 Å². The number of nitrogens with two attached hydrogens (primary N) is 1. The average molecular weight is 303 g/mol. The lowest BCUT2D eigenvalue weighted by atomic mass is 10.2. The summed E-state index contributed by atoms with van der Waals surface area (Å²) in [4.78, 5) is 13.1. The molecule has 1 heterocycles. The van der Waals surface area contributed by atoms with E-state index in [1.165, 1.54) is 18.2 Å². The molecule has 2 rings (SSSR count). The molecule has 1 amide bonds. The van der Waals surface area contributed by atoms with Crippen molar-refractivity contribution in [2.45, 2.75) is 18.8 Å². The number of anilines is 1. The van der Waals surface area contributed by atoms with Gasteiger partial charge < -0.3 is 20.7 Å². The Bertz CT molecular complexity index is 508. The molecule has 0 saturated carbocycles. The highest BCUT2D eigenvalue weighted by atomic mass is 19.4. The van der Waals surface area contributed by atoms with E-state index >= 15 is 0 Å². The smallest absolute Gasteiger partial charge is 0.406 e. The van der Waals surface area contributed by atoms with Crippen molar-refractivity contribution in [3.63, 3.8) is 0 Å². The van der Waals surface area contributed by atoms with Crippen molar-refractivity contribution in [2.24, 2.45) is 5.73 Å². The minimum absolute atomic E-state index is 0.0479. The van der Waals surface area contributed by atoms with Gasteiger partial charge >= 0.3 is 6.36 Å². The second kappa shape index (κ2) is 6.21. The molecule has 21 heavy (non-hydrogen) atoms. The number of halogens is 3. The Morgan fingerprint density at radius 3 is 2.90 bits per heavy atom. The molecule has 3 N–H and O–H groups in total. The van der Waals surface area contributed by atoms with Crippen LogP contribution in [-0.4, -0.2) is 37.9 Å². The van der Waals surface area contributed by atoms with Crippen molar-refractivity contribution in [1.29, 1.82) is 0 Å².